The molecule has 198 valence electrons. The van der Waals surface area contributed by atoms with Crippen LogP contribution in [-0.2, 0) is 20.7 Å². The van der Waals surface area contributed by atoms with Crippen LogP contribution in [0, 0.1) is 6.07 Å². The zero-order valence-corrected chi connectivity index (χ0v) is 26.0. The van der Waals surface area contributed by atoms with Crippen molar-refractivity contribution in [2.24, 2.45) is 0 Å². The van der Waals surface area contributed by atoms with E-state index in [1.54, 1.807) is 0 Å². The van der Waals surface area contributed by atoms with Gasteiger partial charge in [-0.2, -0.15) is 0 Å². The molecule has 8 nitrogen and oxygen atoms in total. The van der Waals surface area contributed by atoms with Gasteiger partial charge in [0.2, 0.25) is 0 Å². The Labute approximate surface area is 249 Å². The normalized spacial score (nSPS) is 12.2. The van der Waals surface area contributed by atoms with Gasteiger partial charge in [0.05, 0.1) is 0 Å². The van der Waals surface area contributed by atoms with Crippen LogP contribution < -0.4 is 34.5 Å². The van der Waals surface area contributed by atoms with E-state index in [0.717, 1.165) is 54.3 Å². The van der Waals surface area contributed by atoms with Crippen molar-refractivity contribution in [1.82, 2.24) is 0 Å². The van der Waals surface area contributed by atoms with Gasteiger partial charge < -0.3 is 9.45 Å². The minimum absolute atomic E-state index is 0. The average Bonchev–Trinajstić information content (AvgIpc) is 2.87. The van der Waals surface area contributed by atoms with Crippen LogP contribution in [-0.4, -0.2) is 62.1 Å². The van der Waals surface area contributed by atoms with Crippen LogP contribution in [0.15, 0.2) is 77.2 Å². The summed E-state index contributed by atoms with van der Waals surface area (Å²) in [5, 5.41) is 0. The molecule has 0 saturated carbocycles. The van der Waals surface area contributed by atoms with E-state index in [0.29, 0.717) is 5.56 Å². The van der Waals surface area contributed by atoms with Crippen molar-refractivity contribution < 1.29 is 59.7 Å². The Morgan fingerprint density at radius 3 is 1.89 bits per heavy atom. The second kappa shape index (κ2) is 15.9. The van der Waals surface area contributed by atoms with E-state index < -0.39 is 20.7 Å². The molecule has 0 amide bonds. The summed E-state index contributed by atoms with van der Waals surface area (Å²) >= 11 is 0. The van der Waals surface area contributed by atoms with Crippen LogP contribution >= 0.6 is 0 Å². The molecular formula is C27H31N2NaO6S2. The van der Waals surface area contributed by atoms with E-state index in [4.69, 9.17) is 12.6 Å². The van der Waals surface area contributed by atoms with E-state index in [1.807, 2.05) is 24.3 Å². The summed E-state index contributed by atoms with van der Waals surface area (Å²) in [6.07, 6.45) is 8.21. The molecule has 0 N–H and O–H groups in total. The molecule has 0 aromatic heterocycles. The van der Waals surface area contributed by atoms with E-state index in [1.165, 1.54) is 18.2 Å². The number of hydrogen-bond acceptors (Lipinski definition) is 7. The monoisotopic (exact) mass is 566 g/mol. The predicted octanol–water partition coefficient (Wildman–Crippen LogP) is 0.658. The molecule has 0 fully saturated rings. The molecule has 0 saturated heterocycles. The third-order valence-corrected chi connectivity index (χ3v) is 6.73. The topological polar surface area (TPSA) is 115 Å². The molecule has 0 heterocycles. The summed E-state index contributed by atoms with van der Waals surface area (Å²) in [6, 6.07) is 15.5. The predicted molar refractivity (Wildman–Crippen MR) is 144 cm³/mol. The van der Waals surface area contributed by atoms with Crippen LogP contribution in [0.1, 0.15) is 38.8 Å². The van der Waals surface area contributed by atoms with Crippen LogP contribution in [0.25, 0.3) is 5.57 Å². The largest absolute Gasteiger partial charge is 1.00 e. The van der Waals surface area contributed by atoms with Crippen molar-refractivity contribution in [3.8, 4) is 0 Å². The number of benzene rings is 2. The first-order valence-corrected chi connectivity index (χ1v) is 14.3. The smallest absolute Gasteiger partial charge is 0.745 e. The summed E-state index contributed by atoms with van der Waals surface area (Å²) in [4.78, 5) is 2.01. The molecule has 11 heteroatoms. The summed E-state index contributed by atoms with van der Waals surface area (Å²) in [5.41, 5.74) is 5.51. The van der Waals surface area contributed by atoms with Gasteiger partial charge in [0.25, 0.3) is 0 Å². The first kappa shape index (κ1) is 33.7. The number of rotatable bonds is 8. The van der Waals surface area contributed by atoms with Crippen molar-refractivity contribution in [2.45, 2.75) is 32.6 Å². The molecule has 3 rings (SSSR count). The first-order valence-electron chi connectivity index (χ1n) is 11.9. The second-order valence-corrected chi connectivity index (χ2v) is 9.70. The fraction of sp³-hybridized carbons (Fsp3) is 0.296. The summed E-state index contributed by atoms with van der Waals surface area (Å²) in [6.45, 7) is 12.1. The fourth-order valence-electron chi connectivity index (χ4n) is 4.08. The molecule has 0 bridgehead atoms. The Kier molecular flexibility index (Phi) is 14.1. The average molecular weight is 567 g/mol. The molecule has 0 unspecified atom stereocenters. The molecule has 0 atom stereocenters. The Bertz CT molecular complexity index is 1410. The van der Waals surface area contributed by atoms with Gasteiger partial charge in [0.1, 0.15) is 23.2 Å². The van der Waals surface area contributed by atoms with Crippen molar-refractivity contribution in [3.63, 3.8) is 0 Å². The minimum Gasteiger partial charge on any atom is -0.745 e. The van der Waals surface area contributed by atoms with Crippen LogP contribution in [0.5, 0.6) is 0 Å². The summed E-state index contributed by atoms with van der Waals surface area (Å²) in [5.74, 6) is 0. The maximum atomic E-state index is 11.7. The quantitative estimate of drug-likeness (QED) is 0.200. The number of nitrogens with zero attached hydrogens (tertiary/aromatic N) is 2. The maximum Gasteiger partial charge on any atom is 1.00 e. The van der Waals surface area contributed by atoms with Crippen molar-refractivity contribution in [2.75, 3.05) is 31.1 Å². The second-order valence-electron chi connectivity index (χ2n) is 7.91. The van der Waals surface area contributed by atoms with E-state index >= 15 is 0 Å². The molecular weight excluding hydrogens is 535 g/mol. The Balaban J connectivity index is 0.00000135. The molecule has 2 aromatic carbocycles. The summed E-state index contributed by atoms with van der Waals surface area (Å²) < 4.78 is 62.6. The third kappa shape index (κ3) is 9.44. The molecule has 38 heavy (non-hydrogen) atoms. The van der Waals surface area contributed by atoms with Gasteiger partial charge in [-0.1, -0.05) is 41.0 Å². The van der Waals surface area contributed by atoms with Gasteiger partial charge >= 0.3 is 40.2 Å². The molecule has 0 aliphatic heterocycles. The first-order chi connectivity index (χ1) is 17.5. The van der Waals surface area contributed by atoms with Crippen LogP contribution in [0.3, 0.4) is 0 Å². The zero-order valence-electron chi connectivity index (χ0n) is 22.3. The van der Waals surface area contributed by atoms with Gasteiger partial charge in [-0.25, -0.2) is 13.0 Å². The maximum absolute atomic E-state index is 11.7. The molecule has 0 spiro atoms. The number of hydrogen-bond donors (Lipinski definition) is 0. The van der Waals surface area contributed by atoms with E-state index in [2.05, 4.69) is 67.5 Å². The van der Waals surface area contributed by atoms with Crippen molar-refractivity contribution in [1.29, 1.82) is 0 Å². The Morgan fingerprint density at radius 2 is 1.45 bits per heavy atom. The Hall–Kier alpha value is -2.34. The van der Waals surface area contributed by atoms with Gasteiger partial charge in [0, 0.05) is 30.9 Å². The van der Waals surface area contributed by atoms with Crippen LogP contribution in [0.4, 0.5) is 5.69 Å². The summed E-state index contributed by atoms with van der Waals surface area (Å²) in [7, 11) is -7.68. The molecule has 2 aromatic rings. The van der Waals surface area contributed by atoms with E-state index in [9.17, 15) is 13.0 Å². The fourth-order valence-corrected chi connectivity index (χ4v) is 4.58. The van der Waals surface area contributed by atoms with Gasteiger partial charge in [0.15, 0.2) is 5.71 Å². The van der Waals surface area contributed by atoms with E-state index in [-0.39, 0.29) is 34.5 Å². The van der Waals surface area contributed by atoms with Crippen LogP contribution in [0.2, 0.25) is 0 Å². The van der Waals surface area contributed by atoms with Gasteiger partial charge in [-0.3, -0.25) is 0 Å². The number of allylic oxidation sites excluding steroid dienone is 5. The molecule has 0 radical (unpaired) electrons. The molecule has 1 aliphatic rings. The van der Waals surface area contributed by atoms with Crippen molar-refractivity contribution >= 4 is 37.7 Å². The van der Waals surface area contributed by atoms with Crippen molar-refractivity contribution in [3.05, 3.63) is 89.5 Å². The van der Waals surface area contributed by atoms with Gasteiger partial charge in [-0.15, -0.1) is 42.5 Å². The standard InChI is InChI=1S/C27H32N2O3S.Na.O3S/c1-5-28(6-2)24-16-12-21(13-17-24)27(23-10-9-11-26(20-23)33(30,31)32)22-14-18-25(19-15-22)29(7-3)8-4;;1-4(2)3/h9,11-20H,5-8H2,1-4H3,(H,30,31,32);;/q;+1;/p-1. The van der Waals surface area contributed by atoms with Gasteiger partial charge in [-0.05, 0) is 44.7 Å². The SMILES string of the molecule is CCN(CC)c1ccc(C(=C2C=CC(=[N+](CC)CC)C=C2)c2[c-]ccc(S(=O)(=O)[O-])c2)cc1.O=S(=O)=O.[Na+]. The Morgan fingerprint density at radius 1 is 0.921 bits per heavy atom. The zero-order chi connectivity index (χ0) is 27.6. The number of anilines is 1. The third-order valence-electron chi connectivity index (χ3n) is 5.90. The minimum atomic E-state index is -4.57. The molecule has 1 aliphatic carbocycles.